The Morgan fingerprint density at radius 1 is 0.400 bits per heavy atom. The predicted molar refractivity (Wildman–Crippen MR) is 458 cm³/mol. The standard InChI is InChI=1S/C31H33NO5.C11H20FNO3.2C10H18FNO3.C10H18FNO2.C10H19NO3.C9H16FNO3/c1-3-27-29(37-31(35)25-17-11-6-12-18-25)28(36-30(34)24-15-9-5-10-16-24)26(19-22(2)33)21-32(27)20-23-13-7-4-8-14-23;1-6(14)4-8-5-13(3)9(7(2)12)11(16)10(8)15;1-6(13)3-7-5-12(2)8(4-11)10(15)9(7)14;1-5(13)3-7-4-12-8(6(2)11)10(15)9(7)14;1-3-8-9(11)10(14)7(5-12-8)4-6(2)13;1-3-8-10(14)9(13)7(5-11-8)4-6(2)12;1-5(13)2-6-3-11-7(4-12)8(10)9(6)14/h4-18,26-29H,3,19-21H2,1-2H3;7-11,15-16H,4-5H2,1-3H3;7-10,14-15H,3-5H2,1-2H3;6-10,12,14-15H,3-4H2,1-2H3;7-10,12,14H,3-5H2,1-2H3;7-11,13-14H,3-5H2,1-2H3;6-9,11-12,14H,2-4H2,1H3/t26-,27+,28+,29+;7?,8-,9+,10+,11+;7-,8+,9+,10+;6?,7-,8+,9+,10+;2*7-,8+,9+,10+;6-,7+,8-,9+/m0000000/s1. The number of piperidine rings is 7. The summed E-state index contributed by atoms with van der Waals surface area (Å²) >= 11 is 0. The van der Waals surface area contributed by atoms with E-state index in [2.05, 4.69) is 38.3 Å². The minimum Gasteiger partial charge on any atom is -0.454 e. The third kappa shape index (κ3) is 34.9. The summed E-state index contributed by atoms with van der Waals surface area (Å²) < 4.78 is 77.9. The smallest absolute Gasteiger partial charge is 0.338 e. The van der Waals surface area contributed by atoms with Gasteiger partial charge in [-0.25, -0.2) is 31.5 Å². The van der Waals surface area contributed by atoms with Gasteiger partial charge in [0.1, 0.15) is 77.9 Å². The Morgan fingerprint density at radius 3 is 1.15 bits per heavy atom. The number of halogens is 5. The van der Waals surface area contributed by atoms with Crippen LogP contribution in [0.3, 0.4) is 0 Å². The first-order chi connectivity index (χ1) is 58.9. The van der Waals surface area contributed by atoms with Gasteiger partial charge in [0.15, 0.2) is 6.10 Å². The van der Waals surface area contributed by atoms with Gasteiger partial charge in [0, 0.05) is 151 Å². The molecule has 708 valence electrons. The maximum absolute atomic E-state index is 13.5. The van der Waals surface area contributed by atoms with Crippen LogP contribution in [0.4, 0.5) is 22.0 Å². The lowest BCUT2D eigenvalue weighted by Crippen LogP contribution is -2.61. The molecule has 3 aromatic rings. The van der Waals surface area contributed by atoms with Crippen molar-refractivity contribution in [3.8, 4) is 0 Å². The molecular weight excluding hydrogens is 1640 g/mol. The van der Waals surface area contributed by atoms with E-state index in [-0.39, 0.29) is 145 Å². The van der Waals surface area contributed by atoms with Gasteiger partial charge >= 0.3 is 11.9 Å². The maximum atomic E-state index is 13.5. The summed E-state index contributed by atoms with van der Waals surface area (Å²) in [6.45, 7) is 21.7. The van der Waals surface area contributed by atoms with Crippen LogP contribution in [0.25, 0.3) is 0 Å². The summed E-state index contributed by atoms with van der Waals surface area (Å²) in [4.78, 5) is 110. The number of nitrogens with zero attached hydrogens (tertiary/aromatic N) is 3. The SMILES string of the molecule is CC(=O)C[C@H]1CN(C)[C@H](C(C)F)[C@@H](O)[C@@H]1O.CC(=O)C[C@H]1CN(C)[C@H](CF)[C@@H](O)[C@@H]1O.CC(=O)C[C@H]1CN[C@H](C(C)F)[C@@H](O)[C@@H]1O.CC(=O)C[C@H]1CN[C@H](CO)[C@H](F)[C@@H]1O.CC[C@@H]1[C@@H](OC(=O)c2ccccc2)[C@H](OC(=O)c2ccccc2)[C@@H](CC(C)=O)CN1Cc1ccccc1.CC[C@H]1NC[C@H](CC(C)=O)[C@@H](O)[C@@H]1F.CC[C@H]1NC[C@H](CC(C)=O)[C@@H](O)[C@@H]1O. The van der Waals surface area contributed by atoms with Crippen molar-refractivity contribution < 1.29 is 131 Å². The van der Waals surface area contributed by atoms with Gasteiger partial charge in [-0.1, -0.05) is 87.5 Å². The van der Waals surface area contributed by atoms with Gasteiger partial charge in [0.25, 0.3) is 0 Å². The lowest BCUT2D eigenvalue weighted by Gasteiger charge is -2.47. The van der Waals surface area contributed by atoms with Gasteiger partial charge in [-0.15, -0.1) is 0 Å². The number of likely N-dealkylation sites (N-methyl/N-ethyl adjacent to an activating group) is 2. The highest BCUT2D eigenvalue weighted by atomic mass is 19.1. The number of aliphatic hydroxyl groups excluding tert-OH is 11. The number of benzene rings is 3. The summed E-state index contributed by atoms with van der Waals surface area (Å²) in [6.07, 6.45) is -13.1. The first-order valence-corrected chi connectivity index (χ1v) is 43.5. The highest BCUT2D eigenvalue weighted by Gasteiger charge is 2.50. The van der Waals surface area contributed by atoms with Crippen LogP contribution < -0.4 is 21.3 Å². The predicted octanol–water partition coefficient (Wildman–Crippen LogP) is 4.12. The lowest BCUT2D eigenvalue weighted by atomic mass is 9.82. The molecule has 7 heterocycles. The monoisotopic (exact) mass is 1780 g/mol. The number of rotatable bonds is 27. The number of nitrogens with one attached hydrogen (secondary N) is 4. The maximum Gasteiger partial charge on any atom is 0.338 e. The zero-order valence-corrected chi connectivity index (χ0v) is 74.8. The Balaban J connectivity index is 0.000000321. The second-order valence-electron chi connectivity index (χ2n) is 34.7. The largest absolute Gasteiger partial charge is 0.454 e. The first kappa shape index (κ1) is 111. The molecule has 10 rings (SSSR count). The molecule has 7 fully saturated rings. The van der Waals surface area contributed by atoms with Crippen molar-refractivity contribution in [3.05, 3.63) is 108 Å². The fourth-order valence-electron chi connectivity index (χ4n) is 17.5. The van der Waals surface area contributed by atoms with E-state index in [1.807, 2.05) is 51.1 Å². The van der Waals surface area contributed by atoms with Gasteiger partial charge in [0.2, 0.25) is 0 Å². The van der Waals surface area contributed by atoms with Crippen LogP contribution in [0.2, 0.25) is 0 Å². The minimum absolute atomic E-state index is 0.00185. The van der Waals surface area contributed by atoms with Crippen molar-refractivity contribution in [1.82, 2.24) is 36.0 Å². The van der Waals surface area contributed by atoms with E-state index >= 15 is 0 Å². The molecule has 7 aliphatic heterocycles. The van der Waals surface area contributed by atoms with Crippen LogP contribution in [0.1, 0.15) is 174 Å². The number of ketones is 7. The molecule has 2 unspecified atom stereocenters. The van der Waals surface area contributed by atoms with Gasteiger partial charge in [-0.2, -0.15) is 0 Å². The van der Waals surface area contributed by atoms with Crippen LogP contribution in [0.15, 0.2) is 91.0 Å². The van der Waals surface area contributed by atoms with Crippen LogP contribution >= 0.6 is 0 Å². The summed E-state index contributed by atoms with van der Waals surface area (Å²) in [5.74, 6) is -3.17. The van der Waals surface area contributed by atoms with E-state index in [0.717, 1.165) is 12.0 Å². The number of hydrogen-bond donors (Lipinski definition) is 15. The number of aliphatic hydroxyl groups is 11. The number of alkyl halides is 5. The van der Waals surface area contributed by atoms with Crippen molar-refractivity contribution in [1.29, 1.82) is 0 Å². The van der Waals surface area contributed by atoms with E-state index in [1.54, 1.807) is 72.4 Å². The Bertz CT molecular complexity index is 3620. The molecule has 15 N–H and O–H groups in total. The molecule has 7 saturated heterocycles. The Kier molecular flexibility index (Phi) is 48.9. The molecule has 30 atom stereocenters. The van der Waals surface area contributed by atoms with Crippen molar-refractivity contribution in [2.24, 2.45) is 41.4 Å². The van der Waals surface area contributed by atoms with Crippen molar-refractivity contribution >= 4 is 52.4 Å². The molecule has 3 aromatic carbocycles. The van der Waals surface area contributed by atoms with Gasteiger partial charge in [-0.05, 0) is 126 Å². The summed E-state index contributed by atoms with van der Waals surface area (Å²) in [6, 6.07) is 24.3. The highest BCUT2D eigenvalue weighted by molar-refractivity contribution is 5.90. The quantitative estimate of drug-likeness (QED) is 0.0377. The summed E-state index contributed by atoms with van der Waals surface area (Å²) in [5.41, 5.74) is 1.96. The Hall–Kier alpha value is -6.78. The number of Topliss-reactive ketones (excluding diaryl/α,β-unsaturated/α-hetero) is 7. The van der Waals surface area contributed by atoms with E-state index in [4.69, 9.17) is 14.6 Å². The number of ether oxygens (including phenoxy) is 2. The normalized spacial score (nSPS) is 33.4. The molecule has 29 nitrogen and oxygen atoms in total. The fraction of sp³-hybridized carbons (Fsp3) is 0.703. The van der Waals surface area contributed by atoms with Crippen molar-refractivity contribution in [2.75, 3.05) is 73.2 Å². The molecule has 7 aliphatic rings. The Morgan fingerprint density at radius 2 is 0.752 bits per heavy atom. The van der Waals surface area contributed by atoms with Crippen LogP contribution in [-0.2, 0) is 49.6 Å². The molecule has 125 heavy (non-hydrogen) atoms. The zero-order valence-electron chi connectivity index (χ0n) is 74.8. The molecular formula is C91H142F5N7O22. The minimum atomic E-state index is -1.50. The Labute approximate surface area is 732 Å². The molecule has 0 spiro atoms. The molecule has 0 aromatic heterocycles. The third-order valence-corrected chi connectivity index (χ3v) is 24.2. The third-order valence-electron chi connectivity index (χ3n) is 24.2. The molecule has 0 aliphatic carbocycles. The number of carbonyl (C=O) groups excluding carboxylic acids is 9. The molecule has 34 heteroatoms. The summed E-state index contributed by atoms with van der Waals surface area (Å²) in [5, 5.41) is 117. The van der Waals surface area contributed by atoms with E-state index in [1.165, 1.54) is 62.3 Å². The molecule has 0 saturated carbocycles. The van der Waals surface area contributed by atoms with E-state index in [0.29, 0.717) is 82.7 Å². The van der Waals surface area contributed by atoms with E-state index < -0.39 is 141 Å². The molecule has 0 amide bonds. The molecule has 0 bridgehead atoms. The van der Waals surface area contributed by atoms with Crippen LogP contribution in [0.5, 0.6) is 0 Å². The van der Waals surface area contributed by atoms with Crippen molar-refractivity contribution in [2.45, 2.75) is 294 Å². The van der Waals surface area contributed by atoms with Gasteiger partial charge in [-0.3, -0.25) is 14.7 Å². The second-order valence-corrected chi connectivity index (χ2v) is 34.7. The topological polar surface area (TPSA) is 452 Å². The van der Waals surface area contributed by atoms with Crippen molar-refractivity contribution in [3.63, 3.8) is 0 Å². The lowest BCUT2D eigenvalue weighted by molar-refractivity contribution is -0.134. The average Bonchev–Trinajstić information content (AvgIpc) is 0.783. The van der Waals surface area contributed by atoms with Crippen LogP contribution in [0, 0.1) is 41.4 Å². The highest BCUT2D eigenvalue weighted by Crippen LogP contribution is 2.36. The van der Waals surface area contributed by atoms with Crippen LogP contribution in [-0.4, -0.2) is 337 Å². The first-order valence-electron chi connectivity index (χ1n) is 43.5. The van der Waals surface area contributed by atoms with Gasteiger partial charge in [0.05, 0.1) is 109 Å². The second kappa shape index (κ2) is 55.3. The number of likely N-dealkylation sites (tertiary alicyclic amines) is 3. The summed E-state index contributed by atoms with van der Waals surface area (Å²) in [7, 11) is 3.38. The molecule has 0 radical (unpaired) electrons. The van der Waals surface area contributed by atoms with Gasteiger partial charge < -0.3 is 120 Å². The number of carbonyl (C=O) groups is 9. The average molecular weight is 1780 g/mol. The number of hydrogen-bond acceptors (Lipinski definition) is 29. The fourth-order valence-corrected chi connectivity index (χ4v) is 17.5. The number of esters is 2. The van der Waals surface area contributed by atoms with E-state index in [9.17, 15) is 116 Å². The zero-order chi connectivity index (χ0) is 94.0.